The smallest absolute Gasteiger partial charge is 0.0436 e. The van der Waals surface area contributed by atoms with E-state index in [4.69, 9.17) is 0 Å². The van der Waals surface area contributed by atoms with Crippen LogP contribution < -0.4 is 5.32 Å². The zero-order valence-corrected chi connectivity index (χ0v) is 12.3. The van der Waals surface area contributed by atoms with Gasteiger partial charge in [0.1, 0.15) is 0 Å². The van der Waals surface area contributed by atoms with Gasteiger partial charge in [0.05, 0.1) is 0 Å². The lowest BCUT2D eigenvalue weighted by atomic mass is 9.79. The molecule has 0 fully saturated rings. The summed E-state index contributed by atoms with van der Waals surface area (Å²) in [5, 5.41) is 13.0. The molecule has 0 saturated carbocycles. The molecular formula is C17H27NO. The summed E-state index contributed by atoms with van der Waals surface area (Å²) in [7, 11) is 0. The maximum atomic E-state index is 9.27. The van der Waals surface area contributed by atoms with Crippen molar-refractivity contribution in [3.8, 4) is 0 Å². The van der Waals surface area contributed by atoms with Crippen molar-refractivity contribution in [1.82, 2.24) is 5.32 Å². The molecule has 1 aliphatic rings. The fraction of sp³-hybridized carbons (Fsp3) is 0.647. The molecule has 0 spiro atoms. The van der Waals surface area contributed by atoms with Crippen LogP contribution in [-0.4, -0.2) is 24.3 Å². The Morgan fingerprint density at radius 2 is 1.74 bits per heavy atom. The molecule has 1 aliphatic carbocycles. The topological polar surface area (TPSA) is 32.3 Å². The Bertz CT molecular complexity index is 373. The predicted molar refractivity (Wildman–Crippen MR) is 80.4 cm³/mol. The van der Waals surface area contributed by atoms with E-state index in [1.807, 2.05) is 0 Å². The minimum atomic E-state index is 0.267. The van der Waals surface area contributed by atoms with Crippen LogP contribution in [-0.2, 0) is 12.8 Å². The molecule has 0 aromatic heterocycles. The fourth-order valence-electron chi connectivity index (χ4n) is 3.24. The molecule has 1 aromatic rings. The van der Waals surface area contributed by atoms with E-state index in [9.17, 15) is 5.11 Å². The van der Waals surface area contributed by atoms with Crippen LogP contribution in [0.15, 0.2) is 24.3 Å². The van der Waals surface area contributed by atoms with E-state index in [-0.39, 0.29) is 5.41 Å². The number of hydrogen-bond acceptors (Lipinski definition) is 2. The first-order valence-corrected chi connectivity index (χ1v) is 7.64. The van der Waals surface area contributed by atoms with Crippen molar-refractivity contribution in [2.75, 3.05) is 13.2 Å². The van der Waals surface area contributed by atoms with Gasteiger partial charge in [-0.1, -0.05) is 38.1 Å². The van der Waals surface area contributed by atoms with Crippen LogP contribution in [0.5, 0.6) is 0 Å². The maximum Gasteiger partial charge on any atom is 0.0436 e. The van der Waals surface area contributed by atoms with Gasteiger partial charge in [-0.05, 0) is 48.6 Å². The first kappa shape index (κ1) is 14.5. The number of hydrogen-bond donors (Lipinski definition) is 2. The number of nitrogens with one attached hydrogen (secondary N) is 1. The normalized spacial score (nSPS) is 15.7. The van der Waals surface area contributed by atoms with E-state index in [1.165, 1.54) is 11.1 Å². The Labute approximate surface area is 117 Å². The van der Waals surface area contributed by atoms with E-state index in [1.54, 1.807) is 0 Å². The van der Waals surface area contributed by atoms with Gasteiger partial charge in [-0.2, -0.15) is 0 Å². The summed E-state index contributed by atoms with van der Waals surface area (Å²) < 4.78 is 0. The number of fused-ring (bicyclic) bond motifs is 1. The average Bonchev–Trinajstić information content (AvgIpc) is 2.86. The highest BCUT2D eigenvalue weighted by Crippen LogP contribution is 2.30. The van der Waals surface area contributed by atoms with Gasteiger partial charge in [0, 0.05) is 19.2 Å². The molecule has 0 saturated heterocycles. The second kappa shape index (κ2) is 6.53. The molecule has 2 N–H and O–H groups in total. The van der Waals surface area contributed by atoms with Gasteiger partial charge in [0.2, 0.25) is 0 Å². The lowest BCUT2D eigenvalue weighted by Gasteiger charge is -2.32. The number of rotatable bonds is 7. The fourth-order valence-corrected chi connectivity index (χ4v) is 3.24. The van der Waals surface area contributed by atoms with Crippen LogP contribution in [0.1, 0.15) is 44.2 Å². The highest BCUT2D eigenvalue weighted by molar-refractivity contribution is 5.33. The molecule has 0 radical (unpaired) electrons. The van der Waals surface area contributed by atoms with Crippen molar-refractivity contribution in [2.45, 2.75) is 52.0 Å². The highest BCUT2D eigenvalue weighted by atomic mass is 16.3. The molecule has 0 heterocycles. The third-order valence-electron chi connectivity index (χ3n) is 4.96. The molecule has 0 aliphatic heterocycles. The minimum absolute atomic E-state index is 0.267. The maximum absolute atomic E-state index is 9.27. The summed E-state index contributed by atoms with van der Waals surface area (Å²) in [4.78, 5) is 0. The van der Waals surface area contributed by atoms with Gasteiger partial charge >= 0.3 is 0 Å². The van der Waals surface area contributed by atoms with E-state index in [2.05, 4.69) is 43.4 Å². The van der Waals surface area contributed by atoms with Crippen molar-refractivity contribution < 1.29 is 5.11 Å². The summed E-state index contributed by atoms with van der Waals surface area (Å²) >= 11 is 0. The van der Waals surface area contributed by atoms with Crippen molar-refractivity contribution in [1.29, 1.82) is 0 Å². The SMILES string of the molecule is CCC(CC)(CCO)CNC1Cc2ccccc2C1. The second-order valence-electron chi connectivity index (χ2n) is 5.94. The Morgan fingerprint density at radius 1 is 1.16 bits per heavy atom. The zero-order valence-electron chi connectivity index (χ0n) is 12.3. The summed E-state index contributed by atoms with van der Waals surface area (Å²) in [6, 6.07) is 9.34. The molecule has 0 amide bonds. The Kier molecular flexibility index (Phi) is 5.00. The van der Waals surface area contributed by atoms with Gasteiger partial charge in [-0.25, -0.2) is 0 Å². The molecule has 2 nitrogen and oxygen atoms in total. The number of benzene rings is 1. The summed E-state index contributed by atoms with van der Waals surface area (Å²) in [6.07, 6.45) is 5.48. The third-order valence-corrected chi connectivity index (χ3v) is 4.96. The van der Waals surface area contributed by atoms with E-state index in [0.29, 0.717) is 12.6 Å². The van der Waals surface area contributed by atoms with Crippen LogP contribution in [0, 0.1) is 5.41 Å². The van der Waals surface area contributed by atoms with Crippen LogP contribution >= 0.6 is 0 Å². The number of aliphatic hydroxyl groups is 1. The van der Waals surface area contributed by atoms with Gasteiger partial charge in [-0.15, -0.1) is 0 Å². The molecular weight excluding hydrogens is 234 g/mol. The third kappa shape index (κ3) is 3.37. The lowest BCUT2D eigenvalue weighted by molar-refractivity contribution is 0.159. The van der Waals surface area contributed by atoms with Crippen molar-refractivity contribution in [3.05, 3.63) is 35.4 Å². The molecule has 2 heteroatoms. The van der Waals surface area contributed by atoms with Crippen LogP contribution in [0.25, 0.3) is 0 Å². The molecule has 106 valence electrons. The standard InChI is InChI=1S/C17H27NO/c1-3-17(4-2,9-10-19)13-18-16-11-14-7-5-6-8-15(14)12-16/h5-8,16,18-19H,3-4,9-13H2,1-2H3. The second-order valence-corrected chi connectivity index (χ2v) is 5.94. The summed E-state index contributed by atoms with van der Waals surface area (Å²) in [5.74, 6) is 0. The monoisotopic (exact) mass is 261 g/mol. The predicted octanol–water partition coefficient (Wildman–Crippen LogP) is 2.93. The van der Waals surface area contributed by atoms with Crippen LogP contribution in [0.4, 0.5) is 0 Å². The van der Waals surface area contributed by atoms with E-state index >= 15 is 0 Å². The molecule has 1 aromatic carbocycles. The van der Waals surface area contributed by atoms with Gasteiger partial charge in [0.25, 0.3) is 0 Å². The largest absolute Gasteiger partial charge is 0.396 e. The molecule has 0 atom stereocenters. The van der Waals surface area contributed by atoms with E-state index < -0.39 is 0 Å². The van der Waals surface area contributed by atoms with Crippen molar-refractivity contribution in [3.63, 3.8) is 0 Å². The first-order chi connectivity index (χ1) is 9.23. The molecule has 2 rings (SSSR count). The van der Waals surface area contributed by atoms with E-state index in [0.717, 1.165) is 38.6 Å². The van der Waals surface area contributed by atoms with Gasteiger partial charge in [0.15, 0.2) is 0 Å². The lowest BCUT2D eigenvalue weighted by Crippen LogP contribution is -2.40. The average molecular weight is 261 g/mol. The first-order valence-electron chi connectivity index (χ1n) is 7.64. The van der Waals surface area contributed by atoms with Gasteiger partial charge < -0.3 is 10.4 Å². The molecule has 0 unspecified atom stereocenters. The van der Waals surface area contributed by atoms with Crippen molar-refractivity contribution >= 4 is 0 Å². The Morgan fingerprint density at radius 3 is 2.21 bits per heavy atom. The van der Waals surface area contributed by atoms with Crippen molar-refractivity contribution in [2.24, 2.45) is 5.41 Å². The number of aliphatic hydroxyl groups excluding tert-OH is 1. The summed E-state index contributed by atoms with van der Waals surface area (Å²) in [5.41, 5.74) is 3.27. The molecule has 0 bridgehead atoms. The van der Waals surface area contributed by atoms with Crippen LogP contribution in [0.2, 0.25) is 0 Å². The Hall–Kier alpha value is -0.860. The highest BCUT2D eigenvalue weighted by Gasteiger charge is 2.28. The quantitative estimate of drug-likeness (QED) is 0.791. The van der Waals surface area contributed by atoms with Crippen LogP contribution in [0.3, 0.4) is 0 Å². The zero-order chi connectivity index (χ0) is 13.7. The Balaban J connectivity index is 1.90. The minimum Gasteiger partial charge on any atom is -0.396 e. The molecule has 19 heavy (non-hydrogen) atoms. The summed E-state index contributed by atoms with van der Waals surface area (Å²) in [6.45, 7) is 5.81. The van der Waals surface area contributed by atoms with Gasteiger partial charge in [-0.3, -0.25) is 0 Å².